The van der Waals surface area contributed by atoms with Gasteiger partial charge in [-0.25, -0.2) is 8.42 Å². The number of aryl methyl sites for hydroxylation is 2. The number of amides is 1. The van der Waals surface area contributed by atoms with E-state index in [4.69, 9.17) is 0 Å². The average Bonchev–Trinajstić information content (AvgIpc) is 2.84. The smallest absolute Gasteiger partial charge is 0.243 e. The Morgan fingerprint density at radius 1 is 1.27 bits per heavy atom. The molecule has 1 aromatic carbocycles. The van der Waals surface area contributed by atoms with Gasteiger partial charge in [-0.1, -0.05) is 17.7 Å². The molecule has 7 nitrogen and oxygen atoms in total. The van der Waals surface area contributed by atoms with E-state index >= 15 is 0 Å². The second-order valence-corrected chi connectivity index (χ2v) is 7.04. The van der Waals surface area contributed by atoms with Crippen LogP contribution in [0.5, 0.6) is 0 Å². The maximum Gasteiger partial charge on any atom is 0.243 e. The number of carbonyl (C=O) groups excluding carboxylic acids is 1. The van der Waals surface area contributed by atoms with E-state index in [1.54, 1.807) is 36.1 Å². The Hall–Kier alpha value is -2.19. The highest BCUT2D eigenvalue weighted by Gasteiger charge is 2.23. The van der Waals surface area contributed by atoms with Crippen LogP contribution in [0.2, 0.25) is 0 Å². The molecule has 0 atom stereocenters. The monoisotopic (exact) mass is 322 g/mol. The van der Waals surface area contributed by atoms with Gasteiger partial charge < -0.3 is 5.32 Å². The van der Waals surface area contributed by atoms with Crippen LogP contribution in [0.4, 0.5) is 5.82 Å². The van der Waals surface area contributed by atoms with Gasteiger partial charge in [0.15, 0.2) is 5.82 Å². The summed E-state index contributed by atoms with van der Waals surface area (Å²) in [6.45, 7) is 1.59. The highest BCUT2D eigenvalue weighted by Crippen LogP contribution is 2.15. The second-order valence-electron chi connectivity index (χ2n) is 5.00. The fourth-order valence-corrected chi connectivity index (χ4v) is 2.97. The van der Waals surface area contributed by atoms with E-state index in [0.29, 0.717) is 5.82 Å². The quantitative estimate of drug-likeness (QED) is 0.889. The number of benzene rings is 1. The zero-order valence-corrected chi connectivity index (χ0v) is 13.5. The first-order chi connectivity index (χ1) is 10.3. The normalized spacial score (nSPS) is 11.6. The Balaban J connectivity index is 2.05. The lowest BCUT2D eigenvalue weighted by Crippen LogP contribution is -2.35. The van der Waals surface area contributed by atoms with Gasteiger partial charge in [0.1, 0.15) is 0 Å². The molecule has 1 aromatic heterocycles. The molecule has 118 valence electrons. The molecule has 22 heavy (non-hydrogen) atoms. The lowest BCUT2D eigenvalue weighted by atomic mass is 10.2. The molecule has 1 N–H and O–H groups in total. The third kappa shape index (κ3) is 3.71. The molecule has 0 spiro atoms. The molecule has 1 amide bonds. The van der Waals surface area contributed by atoms with Gasteiger partial charge in [0.2, 0.25) is 15.9 Å². The fourth-order valence-electron chi connectivity index (χ4n) is 1.84. The van der Waals surface area contributed by atoms with E-state index in [-0.39, 0.29) is 11.4 Å². The largest absolute Gasteiger partial charge is 0.308 e. The molecule has 0 saturated carbocycles. The molecule has 0 radical (unpaired) electrons. The summed E-state index contributed by atoms with van der Waals surface area (Å²) < 4.78 is 27.3. The first-order valence-electron chi connectivity index (χ1n) is 6.61. The van der Waals surface area contributed by atoms with Crippen molar-refractivity contribution in [1.29, 1.82) is 0 Å². The molecular weight excluding hydrogens is 304 g/mol. The van der Waals surface area contributed by atoms with Crippen molar-refractivity contribution in [3.8, 4) is 0 Å². The predicted octanol–water partition coefficient (Wildman–Crippen LogP) is 0.988. The molecule has 0 aliphatic heterocycles. The Morgan fingerprint density at radius 2 is 1.91 bits per heavy atom. The number of aromatic nitrogens is 2. The third-order valence-corrected chi connectivity index (χ3v) is 4.89. The number of sulfonamides is 1. The molecule has 1 heterocycles. The van der Waals surface area contributed by atoms with E-state index in [0.717, 1.165) is 9.87 Å². The minimum Gasteiger partial charge on any atom is -0.308 e. The van der Waals surface area contributed by atoms with Gasteiger partial charge in [-0.05, 0) is 19.1 Å². The molecule has 0 fully saturated rings. The molecule has 0 bridgehead atoms. The first kappa shape index (κ1) is 16.2. The minimum absolute atomic E-state index is 0.159. The predicted molar refractivity (Wildman–Crippen MR) is 82.8 cm³/mol. The molecule has 8 heteroatoms. The number of anilines is 1. The van der Waals surface area contributed by atoms with Gasteiger partial charge in [0.25, 0.3) is 0 Å². The lowest BCUT2D eigenvalue weighted by Gasteiger charge is -2.16. The van der Waals surface area contributed by atoms with E-state index < -0.39 is 15.9 Å². The van der Waals surface area contributed by atoms with E-state index in [2.05, 4.69) is 10.4 Å². The number of carbonyl (C=O) groups is 1. The standard InChI is InChI=1S/C14H18N4O3S/c1-11-4-6-12(7-5-11)22(20,21)18(3)10-14(19)15-13-8-9-17(2)16-13/h4-9H,10H2,1-3H3,(H,15,16,19). The van der Waals surface area contributed by atoms with Crippen molar-refractivity contribution in [2.24, 2.45) is 7.05 Å². The van der Waals surface area contributed by atoms with Gasteiger partial charge in [-0.3, -0.25) is 9.48 Å². The van der Waals surface area contributed by atoms with Gasteiger partial charge in [-0.15, -0.1) is 0 Å². The SMILES string of the molecule is Cc1ccc(S(=O)(=O)N(C)CC(=O)Nc2ccn(C)n2)cc1. The Bertz CT molecular complexity index is 766. The van der Waals surface area contributed by atoms with Crippen molar-refractivity contribution < 1.29 is 13.2 Å². The van der Waals surface area contributed by atoms with Crippen molar-refractivity contribution >= 4 is 21.7 Å². The number of hydrogen-bond donors (Lipinski definition) is 1. The molecule has 2 aromatic rings. The molecule has 0 saturated heterocycles. The highest BCUT2D eigenvalue weighted by molar-refractivity contribution is 7.89. The maximum atomic E-state index is 12.4. The zero-order valence-electron chi connectivity index (χ0n) is 12.6. The molecule has 2 rings (SSSR count). The van der Waals surface area contributed by atoms with Crippen LogP contribution < -0.4 is 5.32 Å². The van der Waals surface area contributed by atoms with Crippen molar-refractivity contribution in [1.82, 2.24) is 14.1 Å². The van der Waals surface area contributed by atoms with Crippen LogP contribution in [0.25, 0.3) is 0 Å². The van der Waals surface area contributed by atoms with E-state index in [1.165, 1.54) is 19.2 Å². The lowest BCUT2D eigenvalue weighted by molar-refractivity contribution is -0.116. The minimum atomic E-state index is -3.69. The summed E-state index contributed by atoms with van der Waals surface area (Å²) in [7, 11) is -0.597. The number of likely N-dealkylation sites (N-methyl/N-ethyl adjacent to an activating group) is 1. The zero-order chi connectivity index (χ0) is 16.3. The molecule has 0 aliphatic carbocycles. The van der Waals surface area contributed by atoms with Crippen LogP contribution in [0.1, 0.15) is 5.56 Å². The topological polar surface area (TPSA) is 84.3 Å². The number of hydrogen-bond acceptors (Lipinski definition) is 4. The van der Waals surface area contributed by atoms with Crippen LogP contribution in [-0.4, -0.2) is 42.0 Å². The summed E-state index contributed by atoms with van der Waals surface area (Å²) in [6.07, 6.45) is 1.68. The van der Waals surface area contributed by atoms with Gasteiger partial charge in [0.05, 0.1) is 11.4 Å². The summed E-state index contributed by atoms with van der Waals surface area (Å²) in [5.41, 5.74) is 0.967. The van der Waals surface area contributed by atoms with Gasteiger partial charge >= 0.3 is 0 Å². The summed E-state index contributed by atoms with van der Waals surface area (Å²) in [5.74, 6) is -0.0643. The fraction of sp³-hybridized carbons (Fsp3) is 0.286. The van der Waals surface area contributed by atoms with Crippen molar-refractivity contribution in [3.05, 3.63) is 42.1 Å². The van der Waals surface area contributed by atoms with Crippen molar-refractivity contribution in [2.75, 3.05) is 18.9 Å². The number of rotatable bonds is 5. The summed E-state index contributed by atoms with van der Waals surface area (Å²) in [4.78, 5) is 12.1. The average molecular weight is 322 g/mol. The van der Waals surface area contributed by atoms with Crippen LogP contribution in [0.15, 0.2) is 41.4 Å². The van der Waals surface area contributed by atoms with Crippen LogP contribution >= 0.6 is 0 Å². The van der Waals surface area contributed by atoms with Crippen LogP contribution in [-0.2, 0) is 21.9 Å². The summed E-state index contributed by atoms with van der Waals surface area (Å²) in [5, 5.41) is 6.55. The van der Waals surface area contributed by atoms with E-state index in [9.17, 15) is 13.2 Å². The first-order valence-corrected chi connectivity index (χ1v) is 8.05. The van der Waals surface area contributed by atoms with Crippen molar-refractivity contribution in [2.45, 2.75) is 11.8 Å². The highest BCUT2D eigenvalue weighted by atomic mass is 32.2. The Labute approximate surface area is 129 Å². The maximum absolute atomic E-state index is 12.4. The molecule has 0 aliphatic rings. The summed E-state index contributed by atoms with van der Waals surface area (Å²) in [6, 6.07) is 8.12. The van der Waals surface area contributed by atoms with Crippen molar-refractivity contribution in [3.63, 3.8) is 0 Å². The second kappa shape index (κ2) is 6.29. The van der Waals surface area contributed by atoms with Crippen LogP contribution in [0, 0.1) is 6.92 Å². The van der Waals surface area contributed by atoms with Gasteiger partial charge in [0, 0.05) is 26.4 Å². The summed E-state index contributed by atoms with van der Waals surface area (Å²) >= 11 is 0. The van der Waals surface area contributed by atoms with Gasteiger partial charge in [-0.2, -0.15) is 9.40 Å². The Kier molecular flexibility index (Phi) is 4.62. The third-order valence-electron chi connectivity index (χ3n) is 3.08. The van der Waals surface area contributed by atoms with Crippen LogP contribution in [0.3, 0.4) is 0 Å². The molecular formula is C14H18N4O3S. The molecule has 0 unspecified atom stereocenters. The Morgan fingerprint density at radius 3 is 2.45 bits per heavy atom. The number of nitrogens with one attached hydrogen (secondary N) is 1. The van der Waals surface area contributed by atoms with E-state index in [1.807, 2.05) is 6.92 Å². The number of nitrogens with zero attached hydrogens (tertiary/aromatic N) is 3.